The Hall–Kier alpha value is -0.610. The Balaban J connectivity index is 3.40. The molecule has 0 saturated heterocycles. The van der Waals surface area contributed by atoms with Crippen molar-refractivity contribution in [3.05, 3.63) is 0 Å². The first-order valence-corrected chi connectivity index (χ1v) is 5.03. The Bertz CT molecular complexity index is 161. The van der Waals surface area contributed by atoms with Crippen LogP contribution >= 0.6 is 0 Å². The predicted molar refractivity (Wildman–Crippen MR) is 54.9 cm³/mol. The van der Waals surface area contributed by atoms with Crippen LogP contribution in [0.25, 0.3) is 0 Å². The number of ether oxygens (including phenoxy) is 2. The molecule has 0 rings (SSSR count). The van der Waals surface area contributed by atoms with Gasteiger partial charge in [0.1, 0.15) is 0 Å². The third-order valence-corrected chi connectivity index (χ3v) is 2.16. The summed E-state index contributed by atoms with van der Waals surface area (Å²) in [4.78, 5) is 11.2. The molecular weight excluding hydrogens is 182 g/mol. The van der Waals surface area contributed by atoms with Crippen molar-refractivity contribution in [1.82, 2.24) is 5.32 Å². The first kappa shape index (κ1) is 13.4. The van der Waals surface area contributed by atoms with Crippen LogP contribution in [0.4, 0.5) is 0 Å². The molecule has 0 aromatic carbocycles. The van der Waals surface area contributed by atoms with Gasteiger partial charge in [0.2, 0.25) is 0 Å². The number of esters is 1. The molecule has 0 amide bonds. The van der Waals surface area contributed by atoms with E-state index in [1.54, 1.807) is 0 Å². The second-order valence-corrected chi connectivity index (χ2v) is 3.45. The summed E-state index contributed by atoms with van der Waals surface area (Å²) in [5, 5.41) is 3.02. The first-order valence-electron chi connectivity index (χ1n) is 5.03. The first-order chi connectivity index (χ1) is 6.61. The van der Waals surface area contributed by atoms with Crippen molar-refractivity contribution >= 4 is 5.97 Å². The van der Waals surface area contributed by atoms with Gasteiger partial charge in [0, 0.05) is 6.04 Å². The maximum Gasteiger partial charge on any atom is 0.310 e. The molecule has 0 aliphatic carbocycles. The molecule has 14 heavy (non-hydrogen) atoms. The molecule has 0 bridgehead atoms. The lowest BCUT2D eigenvalue weighted by molar-refractivity contribution is -0.161. The summed E-state index contributed by atoms with van der Waals surface area (Å²) in [5.74, 6) is -0.232. The Kier molecular flexibility index (Phi) is 7.42. The summed E-state index contributed by atoms with van der Waals surface area (Å²) < 4.78 is 10.0. The fraction of sp³-hybridized carbons (Fsp3) is 0.900. The number of rotatable bonds is 7. The molecule has 2 atom stereocenters. The smallest absolute Gasteiger partial charge is 0.310 e. The minimum absolute atomic E-state index is 0.0414. The van der Waals surface area contributed by atoms with Crippen LogP contribution in [0.1, 0.15) is 27.2 Å². The molecule has 0 saturated carbocycles. The number of hydrogen-bond donors (Lipinski definition) is 1. The number of carbonyl (C=O) groups excluding carboxylic acids is 1. The Morgan fingerprint density at radius 1 is 1.43 bits per heavy atom. The van der Waals surface area contributed by atoms with Gasteiger partial charge in [-0.15, -0.1) is 0 Å². The molecule has 0 spiro atoms. The van der Waals surface area contributed by atoms with Crippen molar-refractivity contribution in [3.63, 3.8) is 0 Å². The van der Waals surface area contributed by atoms with Gasteiger partial charge in [-0.3, -0.25) is 4.79 Å². The molecule has 1 N–H and O–H groups in total. The zero-order valence-corrected chi connectivity index (χ0v) is 9.50. The van der Waals surface area contributed by atoms with Crippen LogP contribution in [0.5, 0.6) is 0 Å². The SMILES string of the molecule is CCC(C)C(=O)OCOCC(C)NC. The van der Waals surface area contributed by atoms with Crippen LogP contribution in [0, 0.1) is 5.92 Å². The van der Waals surface area contributed by atoms with Gasteiger partial charge in [-0.2, -0.15) is 0 Å². The van der Waals surface area contributed by atoms with E-state index in [-0.39, 0.29) is 24.7 Å². The topological polar surface area (TPSA) is 47.6 Å². The van der Waals surface area contributed by atoms with E-state index < -0.39 is 0 Å². The summed E-state index contributed by atoms with van der Waals surface area (Å²) in [6.45, 7) is 6.39. The molecule has 0 aromatic rings. The summed E-state index contributed by atoms with van der Waals surface area (Å²) in [7, 11) is 1.86. The van der Waals surface area contributed by atoms with Crippen LogP contribution in [0.2, 0.25) is 0 Å². The average molecular weight is 203 g/mol. The van der Waals surface area contributed by atoms with Crippen LogP contribution < -0.4 is 5.32 Å². The minimum Gasteiger partial charge on any atom is -0.438 e. The molecule has 0 aliphatic heterocycles. The van der Waals surface area contributed by atoms with Crippen molar-refractivity contribution in [2.75, 3.05) is 20.4 Å². The third-order valence-electron chi connectivity index (χ3n) is 2.16. The second-order valence-electron chi connectivity index (χ2n) is 3.45. The van der Waals surface area contributed by atoms with Crippen molar-refractivity contribution in [2.24, 2.45) is 5.92 Å². The van der Waals surface area contributed by atoms with Gasteiger partial charge in [0.05, 0.1) is 12.5 Å². The molecular formula is C10H21NO3. The number of hydrogen-bond acceptors (Lipinski definition) is 4. The molecule has 0 radical (unpaired) electrons. The van der Waals surface area contributed by atoms with Crippen LogP contribution in [0.15, 0.2) is 0 Å². The van der Waals surface area contributed by atoms with Crippen molar-refractivity contribution in [1.29, 1.82) is 0 Å². The van der Waals surface area contributed by atoms with Gasteiger partial charge in [-0.05, 0) is 20.4 Å². The van der Waals surface area contributed by atoms with E-state index in [9.17, 15) is 4.79 Å². The number of nitrogens with one attached hydrogen (secondary N) is 1. The number of carbonyl (C=O) groups is 1. The predicted octanol–water partition coefficient (Wildman–Crippen LogP) is 1.16. The summed E-state index contributed by atoms with van der Waals surface area (Å²) in [5.41, 5.74) is 0. The monoisotopic (exact) mass is 203 g/mol. The van der Waals surface area contributed by atoms with Gasteiger partial charge in [-0.1, -0.05) is 13.8 Å². The summed E-state index contributed by atoms with van der Waals surface area (Å²) in [6.07, 6.45) is 0.797. The van der Waals surface area contributed by atoms with Crippen LogP contribution in [-0.2, 0) is 14.3 Å². The maximum atomic E-state index is 11.2. The molecule has 4 heteroatoms. The highest BCUT2D eigenvalue weighted by atomic mass is 16.7. The van der Waals surface area contributed by atoms with Crippen LogP contribution in [-0.4, -0.2) is 32.5 Å². The van der Waals surface area contributed by atoms with E-state index >= 15 is 0 Å². The highest BCUT2D eigenvalue weighted by molar-refractivity contribution is 5.71. The van der Waals surface area contributed by atoms with Gasteiger partial charge < -0.3 is 14.8 Å². The third kappa shape index (κ3) is 5.94. The largest absolute Gasteiger partial charge is 0.438 e. The van der Waals surface area contributed by atoms with E-state index in [0.29, 0.717) is 6.61 Å². The average Bonchev–Trinajstić information content (AvgIpc) is 2.22. The molecule has 2 unspecified atom stereocenters. The fourth-order valence-corrected chi connectivity index (χ4v) is 0.717. The van der Waals surface area contributed by atoms with Crippen LogP contribution in [0.3, 0.4) is 0 Å². The Labute approximate surface area is 86.0 Å². The van der Waals surface area contributed by atoms with Gasteiger partial charge >= 0.3 is 5.97 Å². The van der Waals surface area contributed by atoms with Crippen molar-refractivity contribution < 1.29 is 14.3 Å². The lowest BCUT2D eigenvalue weighted by Gasteiger charge is -2.12. The highest BCUT2D eigenvalue weighted by Gasteiger charge is 2.11. The normalized spacial score (nSPS) is 14.9. The van der Waals surface area contributed by atoms with Crippen molar-refractivity contribution in [3.8, 4) is 0 Å². The summed E-state index contributed by atoms with van der Waals surface area (Å²) in [6, 6.07) is 0.275. The van der Waals surface area contributed by atoms with Gasteiger partial charge in [0.15, 0.2) is 6.79 Å². The lowest BCUT2D eigenvalue weighted by Crippen LogP contribution is -2.27. The fourth-order valence-electron chi connectivity index (χ4n) is 0.717. The van der Waals surface area contributed by atoms with Crippen molar-refractivity contribution in [2.45, 2.75) is 33.2 Å². The van der Waals surface area contributed by atoms with E-state index in [1.165, 1.54) is 0 Å². The van der Waals surface area contributed by atoms with E-state index in [1.807, 2.05) is 27.8 Å². The molecule has 0 aromatic heterocycles. The molecule has 0 aliphatic rings. The number of likely N-dealkylation sites (N-methyl/N-ethyl adjacent to an activating group) is 1. The quantitative estimate of drug-likeness (QED) is 0.383. The van der Waals surface area contributed by atoms with E-state index in [4.69, 9.17) is 9.47 Å². The lowest BCUT2D eigenvalue weighted by atomic mass is 10.1. The zero-order chi connectivity index (χ0) is 11.0. The van der Waals surface area contributed by atoms with E-state index in [0.717, 1.165) is 6.42 Å². The Morgan fingerprint density at radius 2 is 2.07 bits per heavy atom. The minimum atomic E-state index is -0.190. The standard InChI is InChI=1S/C10H21NO3/c1-5-8(2)10(12)14-7-13-6-9(3)11-4/h8-9,11H,5-7H2,1-4H3. The zero-order valence-electron chi connectivity index (χ0n) is 9.50. The van der Waals surface area contributed by atoms with E-state index in [2.05, 4.69) is 5.32 Å². The molecule has 4 nitrogen and oxygen atoms in total. The molecule has 0 heterocycles. The highest BCUT2D eigenvalue weighted by Crippen LogP contribution is 2.02. The Morgan fingerprint density at radius 3 is 2.57 bits per heavy atom. The molecule has 0 fully saturated rings. The van der Waals surface area contributed by atoms with Gasteiger partial charge in [0.25, 0.3) is 0 Å². The van der Waals surface area contributed by atoms with Gasteiger partial charge in [-0.25, -0.2) is 0 Å². The maximum absolute atomic E-state index is 11.2. The summed E-state index contributed by atoms with van der Waals surface area (Å²) >= 11 is 0. The second kappa shape index (κ2) is 7.76. The molecule has 84 valence electrons.